The standard InChI is InChI=1S/C32H35N3O3S/c1-32(2,3)38-31(37)34-26-14-16-27(17-15-26)35(30(36)29-19-24-7-4-5-9-28(24)39-29)21-22-10-12-23(13-11-22)25-8-6-18-33-20-25/h4-13,18-20,26-27H,14-17,21H2,1-3H3,(H,34,37). The lowest BCUT2D eigenvalue weighted by Crippen LogP contribution is -2.46. The van der Waals surface area contributed by atoms with Crippen molar-refractivity contribution in [2.75, 3.05) is 0 Å². The molecule has 0 unspecified atom stereocenters. The molecule has 2 heterocycles. The quantitative estimate of drug-likeness (QED) is 0.275. The second-order valence-electron chi connectivity index (χ2n) is 11.2. The molecule has 1 aliphatic rings. The van der Waals surface area contributed by atoms with Gasteiger partial charge in [0.2, 0.25) is 0 Å². The lowest BCUT2D eigenvalue weighted by molar-refractivity contribution is 0.0454. The van der Waals surface area contributed by atoms with Crippen LogP contribution in [0.15, 0.2) is 79.1 Å². The predicted molar refractivity (Wildman–Crippen MR) is 157 cm³/mol. The summed E-state index contributed by atoms with van der Waals surface area (Å²) in [5.74, 6) is 0.0658. The van der Waals surface area contributed by atoms with Gasteiger partial charge in [0.25, 0.3) is 5.91 Å². The number of fused-ring (bicyclic) bond motifs is 1. The lowest BCUT2D eigenvalue weighted by Gasteiger charge is -2.37. The highest BCUT2D eigenvalue weighted by molar-refractivity contribution is 7.20. The third kappa shape index (κ3) is 6.84. The van der Waals surface area contributed by atoms with Crippen LogP contribution in [0.5, 0.6) is 0 Å². The van der Waals surface area contributed by atoms with Gasteiger partial charge in [-0.05, 0) is 86.7 Å². The minimum atomic E-state index is -0.526. The molecule has 6 nitrogen and oxygen atoms in total. The van der Waals surface area contributed by atoms with Crippen LogP contribution in [-0.4, -0.2) is 39.6 Å². The van der Waals surface area contributed by atoms with Crippen LogP contribution in [0.25, 0.3) is 21.2 Å². The first kappa shape index (κ1) is 26.9. The van der Waals surface area contributed by atoms with Crippen molar-refractivity contribution in [1.29, 1.82) is 0 Å². The highest BCUT2D eigenvalue weighted by Crippen LogP contribution is 2.31. The number of benzene rings is 2. The van der Waals surface area contributed by atoms with Crippen LogP contribution in [0, 0.1) is 0 Å². The topological polar surface area (TPSA) is 71.5 Å². The van der Waals surface area contributed by atoms with Crippen molar-refractivity contribution in [3.63, 3.8) is 0 Å². The van der Waals surface area contributed by atoms with E-state index in [9.17, 15) is 9.59 Å². The molecule has 2 aromatic carbocycles. The largest absolute Gasteiger partial charge is 0.444 e. The molecule has 5 rings (SSSR count). The Bertz CT molecular complexity index is 1390. The minimum absolute atomic E-state index is 0.0520. The number of nitrogens with zero attached hydrogens (tertiary/aromatic N) is 2. The van der Waals surface area contributed by atoms with E-state index in [2.05, 4.69) is 46.7 Å². The van der Waals surface area contributed by atoms with E-state index in [1.807, 2.05) is 62.2 Å². The van der Waals surface area contributed by atoms with Crippen molar-refractivity contribution < 1.29 is 14.3 Å². The Hall–Kier alpha value is -3.71. The second kappa shape index (κ2) is 11.6. The molecule has 0 saturated heterocycles. The van der Waals surface area contributed by atoms with Gasteiger partial charge in [0.15, 0.2) is 0 Å². The van der Waals surface area contributed by atoms with Gasteiger partial charge in [-0.25, -0.2) is 4.79 Å². The third-order valence-corrected chi connectivity index (χ3v) is 8.16. The number of nitrogens with one attached hydrogen (secondary N) is 1. The molecular weight excluding hydrogens is 506 g/mol. The number of ether oxygens (including phenoxy) is 1. The fraction of sp³-hybridized carbons (Fsp3) is 0.344. The summed E-state index contributed by atoms with van der Waals surface area (Å²) in [6.45, 7) is 6.13. The molecular formula is C32H35N3O3S. The molecule has 202 valence electrons. The van der Waals surface area contributed by atoms with Gasteiger partial charge in [-0.15, -0.1) is 11.3 Å². The van der Waals surface area contributed by atoms with Gasteiger partial charge >= 0.3 is 6.09 Å². The van der Waals surface area contributed by atoms with E-state index in [-0.39, 0.29) is 24.1 Å². The monoisotopic (exact) mass is 541 g/mol. The summed E-state index contributed by atoms with van der Waals surface area (Å²) < 4.78 is 6.56. The maximum absolute atomic E-state index is 14.0. The van der Waals surface area contributed by atoms with Crippen molar-refractivity contribution in [2.45, 2.75) is 70.7 Å². The van der Waals surface area contributed by atoms with E-state index in [0.717, 1.165) is 57.3 Å². The molecule has 0 spiro atoms. The van der Waals surface area contributed by atoms with Gasteiger partial charge < -0.3 is 15.0 Å². The van der Waals surface area contributed by atoms with Gasteiger partial charge in [0, 0.05) is 35.7 Å². The van der Waals surface area contributed by atoms with Crippen LogP contribution in [0.4, 0.5) is 4.79 Å². The first-order chi connectivity index (χ1) is 18.7. The highest BCUT2D eigenvalue weighted by atomic mass is 32.1. The van der Waals surface area contributed by atoms with Gasteiger partial charge in [-0.1, -0.05) is 48.5 Å². The summed E-state index contributed by atoms with van der Waals surface area (Å²) in [4.78, 5) is 33.3. The minimum Gasteiger partial charge on any atom is -0.444 e. The first-order valence-corrected chi connectivity index (χ1v) is 14.4. The number of aromatic nitrogens is 1. The van der Waals surface area contributed by atoms with E-state index < -0.39 is 5.60 Å². The van der Waals surface area contributed by atoms with Gasteiger partial charge in [-0.3, -0.25) is 9.78 Å². The number of rotatable bonds is 6. The lowest BCUT2D eigenvalue weighted by atomic mass is 9.89. The molecule has 2 amide bonds. The van der Waals surface area contributed by atoms with E-state index in [1.54, 1.807) is 17.5 Å². The molecule has 1 aliphatic carbocycles. The van der Waals surface area contributed by atoms with E-state index >= 15 is 0 Å². The molecule has 39 heavy (non-hydrogen) atoms. The fourth-order valence-electron chi connectivity index (χ4n) is 5.13. The third-order valence-electron chi connectivity index (χ3n) is 7.06. The average molecular weight is 542 g/mol. The molecule has 4 aromatic rings. The molecule has 0 atom stereocenters. The molecule has 2 aromatic heterocycles. The zero-order valence-electron chi connectivity index (χ0n) is 22.7. The second-order valence-corrected chi connectivity index (χ2v) is 12.3. The van der Waals surface area contributed by atoms with Crippen molar-refractivity contribution in [3.05, 3.63) is 89.6 Å². The SMILES string of the molecule is CC(C)(C)OC(=O)NC1CCC(N(Cc2ccc(-c3cccnc3)cc2)C(=O)c2cc3ccccc3s2)CC1. The fourth-order valence-corrected chi connectivity index (χ4v) is 6.15. The Morgan fingerprint density at radius 1 is 0.974 bits per heavy atom. The molecule has 0 bridgehead atoms. The molecule has 1 fully saturated rings. The van der Waals surface area contributed by atoms with Crippen LogP contribution in [0.2, 0.25) is 0 Å². The normalized spacial score (nSPS) is 17.5. The van der Waals surface area contributed by atoms with Crippen LogP contribution < -0.4 is 5.32 Å². The first-order valence-electron chi connectivity index (χ1n) is 13.5. The number of hydrogen-bond donors (Lipinski definition) is 1. The summed E-state index contributed by atoms with van der Waals surface area (Å²) in [6.07, 6.45) is 6.51. The average Bonchev–Trinajstić information content (AvgIpc) is 3.36. The number of carbonyl (C=O) groups is 2. The number of carbonyl (C=O) groups excluding carboxylic acids is 2. The zero-order chi connectivity index (χ0) is 27.4. The van der Waals surface area contributed by atoms with Crippen molar-refractivity contribution in [3.8, 4) is 11.1 Å². The molecule has 7 heteroatoms. The van der Waals surface area contributed by atoms with Crippen molar-refractivity contribution in [1.82, 2.24) is 15.2 Å². The molecule has 1 saturated carbocycles. The van der Waals surface area contributed by atoms with Crippen LogP contribution in [0.1, 0.15) is 61.7 Å². The van der Waals surface area contributed by atoms with E-state index in [0.29, 0.717) is 6.54 Å². The van der Waals surface area contributed by atoms with Crippen LogP contribution in [0.3, 0.4) is 0 Å². The number of hydrogen-bond acceptors (Lipinski definition) is 5. The van der Waals surface area contributed by atoms with E-state index in [4.69, 9.17) is 4.74 Å². The summed E-state index contributed by atoms with van der Waals surface area (Å²) in [5, 5.41) is 4.11. The number of pyridine rings is 1. The van der Waals surface area contributed by atoms with E-state index in [1.165, 1.54) is 0 Å². The van der Waals surface area contributed by atoms with Crippen molar-refractivity contribution in [2.24, 2.45) is 0 Å². The van der Waals surface area contributed by atoms with Gasteiger partial charge in [0.05, 0.1) is 4.88 Å². The summed E-state index contributed by atoms with van der Waals surface area (Å²) in [6, 6.07) is 22.6. The molecule has 1 N–H and O–H groups in total. The van der Waals surface area contributed by atoms with Crippen LogP contribution in [-0.2, 0) is 11.3 Å². The molecule has 0 aliphatic heterocycles. The zero-order valence-corrected chi connectivity index (χ0v) is 23.5. The maximum atomic E-state index is 14.0. The van der Waals surface area contributed by atoms with Crippen molar-refractivity contribution >= 4 is 33.4 Å². The number of thiophene rings is 1. The van der Waals surface area contributed by atoms with Crippen LogP contribution >= 0.6 is 11.3 Å². The Kier molecular flexibility index (Phi) is 7.98. The Morgan fingerprint density at radius 3 is 2.38 bits per heavy atom. The maximum Gasteiger partial charge on any atom is 0.407 e. The summed E-state index contributed by atoms with van der Waals surface area (Å²) in [5.41, 5.74) is 2.73. The Morgan fingerprint density at radius 2 is 1.72 bits per heavy atom. The summed E-state index contributed by atoms with van der Waals surface area (Å²) >= 11 is 1.55. The number of amides is 2. The molecule has 0 radical (unpaired) electrons. The smallest absolute Gasteiger partial charge is 0.407 e. The summed E-state index contributed by atoms with van der Waals surface area (Å²) in [7, 11) is 0. The Balaban J connectivity index is 1.33. The van der Waals surface area contributed by atoms with Gasteiger partial charge in [0.1, 0.15) is 5.60 Å². The highest BCUT2D eigenvalue weighted by Gasteiger charge is 2.31. The Labute approximate surface area is 234 Å². The van der Waals surface area contributed by atoms with Gasteiger partial charge in [-0.2, -0.15) is 0 Å². The number of alkyl carbamates (subject to hydrolysis) is 1. The predicted octanol–water partition coefficient (Wildman–Crippen LogP) is 7.44.